The molecule has 1 atom stereocenters. The average molecular weight is 251 g/mol. The van der Waals surface area contributed by atoms with E-state index in [9.17, 15) is 13.6 Å². The fraction of sp³-hybridized carbons (Fsp3) is 0.154. The van der Waals surface area contributed by atoms with E-state index in [1.807, 2.05) is 0 Å². The highest BCUT2D eigenvalue weighted by atomic mass is 19.2. The van der Waals surface area contributed by atoms with Gasteiger partial charge in [-0.25, -0.2) is 8.78 Å². The fourth-order valence-electron chi connectivity index (χ4n) is 1.54. The zero-order valence-corrected chi connectivity index (χ0v) is 9.61. The third-order valence-electron chi connectivity index (χ3n) is 2.57. The third kappa shape index (κ3) is 2.56. The first-order valence-electron chi connectivity index (χ1n) is 5.36. The van der Waals surface area contributed by atoms with Gasteiger partial charge in [-0.1, -0.05) is 6.07 Å². The van der Waals surface area contributed by atoms with Crippen LogP contribution in [-0.4, -0.2) is 5.91 Å². The minimum absolute atomic E-state index is 0.332. The highest BCUT2D eigenvalue weighted by Gasteiger charge is 2.13. The number of halogens is 2. The molecular weight excluding hydrogens is 240 g/mol. The lowest BCUT2D eigenvalue weighted by atomic mass is 10.1. The molecule has 0 saturated carbocycles. The van der Waals surface area contributed by atoms with Gasteiger partial charge in [0.05, 0.1) is 17.9 Å². The van der Waals surface area contributed by atoms with Gasteiger partial charge in [0.25, 0.3) is 5.91 Å². The Hall–Kier alpha value is -2.17. The average Bonchev–Trinajstić information content (AvgIpc) is 2.86. The molecule has 1 heterocycles. The van der Waals surface area contributed by atoms with Crippen molar-refractivity contribution in [1.82, 2.24) is 5.32 Å². The van der Waals surface area contributed by atoms with E-state index in [1.54, 1.807) is 6.92 Å². The molecule has 1 aromatic carbocycles. The molecule has 0 fully saturated rings. The van der Waals surface area contributed by atoms with E-state index < -0.39 is 17.7 Å². The maximum absolute atomic E-state index is 13.0. The molecule has 2 rings (SSSR count). The Morgan fingerprint density at radius 1 is 1.28 bits per heavy atom. The number of carbonyl (C=O) groups is 1. The van der Waals surface area contributed by atoms with E-state index in [1.165, 1.54) is 24.7 Å². The lowest BCUT2D eigenvalue weighted by Crippen LogP contribution is -2.26. The van der Waals surface area contributed by atoms with E-state index in [2.05, 4.69) is 5.32 Å². The summed E-state index contributed by atoms with van der Waals surface area (Å²) in [5, 5.41) is 2.66. The summed E-state index contributed by atoms with van der Waals surface area (Å²) in [5.41, 5.74) is 0.871. The van der Waals surface area contributed by atoms with Crippen molar-refractivity contribution in [2.45, 2.75) is 13.0 Å². The summed E-state index contributed by atoms with van der Waals surface area (Å²) in [5.74, 6) is -2.18. The van der Waals surface area contributed by atoms with Gasteiger partial charge >= 0.3 is 0 Å². The van der Waals surface area contributed by atoms with E-state index in [0.717, 1.165) is 12.1 Å². The number of amides is 1. The molecule has 1 aromatic heterocycles. The predicted molar refractivity (Wildman–Crippen MR) is 60.9 cm³/mol. The molecule has 1 amide bonds. The monoisotopic (exact) mass is 251 g/mol. The van der Waals surface area contributed by atoms with Crippen LogP contribution in [0.3, 0.4) is 0 Å². The van der Waals surface area contributed by atoms with Gasteiger partial charge < -0.3 is 9.73 Å². The SMILES string of the molecule is CC(NC(=O)c1ccoc1)c1ccc(F)c(F)c1. The van der Waals surface area contributed by atoms with Crippen molar-refractivity contribution < 1.29 is 18.0 Å². The molecule has 0 aliphatic carbocycles. The normalized spacial score (nSPS) is 12.2. The quantitative estimate of drug-likeness (QED) is 0.911. The van der Waals surface area contributed by atoms with E-state index in [0.29, 0.717) is 11.1 Å². The number of nitrogens with one attached hydrogen (secondary N) is 1. The summed E-state index contributed by atoms with van der Waals surface area (Å²) in [6.45, 7) is 1.69. The summed E-state index contributed by atoms with van der Waals surface area (Å²) in [4.78, 5) is 11.7. The number of carbonyl (C=O) groups excluding carboxylic acids is 1. The Morgan fingerprint density at radius 2 is 2.06 bits per heavy atom. The summed E-state index contributed by atoms with van der Waals surface area (Å²) >= 11 is 0. The summed E-state index contributed by atoms with van der Waals surface area (Å²) < 4.78 is 30.6. The molecule has 3 nitrogen and oxygen atoms in total. The smallest absolute Gasteiger partial charge is 0.255 e. The Bertz CT molecular complexity index is 552. The molecule has 94 valence electrons. The van der Waals surface area contributed by atoms with Crippen LogP contribution in [0, 0.1) is 11.6 Å². The van der Waals surface area contributed by atoms with Crippen LogP contribution in [0.2, 0.25) is 0 Å². The van der Waals surface area contributed by atoms with Gasteiger partial charge in [0.1, 0.15) is 6.26 Å². The number of furan rings is 1. The van der Waals surface area contributed by atoms with E-state index >= 15 is 0 Å². The fourth-order valence-corrected chi connectivity index (χ4v) is 1.54. The van der Waals surface area contributed by atoms with Crippen molar-refractivity contribution >= 4 is 5.91 Å². The third-order valence-corrected chi connectivity index (χ3v) is 2.57. The largest absolute Gasteiger partial charge is 0.472 e. The second-order valence-corrected chi connectivity index (χ2v) is 3.88. The Labute approximate surface area is 102 Å². The molecule has 0 radical (unpaired) electrons. The van der Waals surface area contributed by atoms with Gasteiger partial charge in [0.2, 0.25) is 0 Å². The minimum atomic E-state index is -0.933. The first-order valence-corrected chi connectivity index (χ1v) is 5.36. The molecule has 0 saturated heterocycles. The van der Waals surface area contributed by atoms with Crippen LogP contribution in [0.25, 0.3) is 0 Å². The van der Waals surface area contributed by atoms with Crippen molar-refractivity contribution in [3.8, 4) is 0 Å². The highest BCUT2D eigenvalue weighted by molar-refractivity contribution is 5.93. The second-order valence-electron chi connectivity index (χ2n) is 3.88. The van der Waals surface area contributed by atoms with E-state index in [4.69, 9.17) is 4.42 Å². The maximum atomic E-state index is 13.0. The van der Waals surface area contributed by atoms with Crippen LogP contribution in [0.15, 0.2) is 41.2 Å². The second kappa shape index (κ2) is 5.00. The molecule has 1 N–H and O–H groups in total. The minimum Gasteiger partial charge on any atom is -0.472 e. The number of hydrogen-bond acceptors (Lipinski definition) is 2. The van der Waals surface area contributed by atoms with Gasteiger partial charge in [0, 0.05) is 0 Å². The topological polar surface area (TPSA) is 42.2 Å². The first kappa shape index (κ1) is 12.3. The van der Waals surface area contributed by atoms with Crippen molar-refractivity contribution in [3.05, 3.63) is 59.6 Å². The Kier molecular flexibility index (Phi) is 3.41. The van der Waals surface area contributed by atoms with Crippen molar-refractivity contribution in [3.63, 3.8) is 0 Å². The van der Waals surface area contributed by atoms with Gasteiger partial charge in [-0.2, -0.15) is 0 Å². The lowest BCUT2D eigenvalue weighted by Gasteiger charge is -2.13. The van der Waals surface area contributed by atoms with Gasteiger partial charge in [-0.15, -0.1) is 0 Å². The summed E-state index contributed by atoms with van der Waals surface area (Å²) in [7, 11) is 0. The van der Waals surface area contributed by atoms with Gasteiger partial charge in [-0.3, -0.25) is 4.79 Å². The van der Waals surface area contributed by atoms with Crippen molar-refractivity contribution in [2.24, 2.45) is 0 Å². The molecule has 18 heavy (non-hydrogen) atoms. The zero-order chi connectivity index (χ0) is 13.1. The van der Waals surface area contributed by atoms with E-state index in [-0.39, 0.29) is 5.91 Å². The molecule has 1 unspecified atom stereocenters. The summed E-state index contributed by atoms with van der Waals surface area (Å²) in [6.07, 6.45) is 2.70. The maximum Gasteiger partial charge on any atom is 0.255 e. The Morgan fingerprint density at radius 3 is 2.67 bits per heavy atom. The molecule has 0 aliphatic heterocycles. The van der Waals surface area contributed by atoms with Gasteiger partial charge in [0.15, 0.2) is 11.6 Å². The number of hydrogen-bond donors (Lipinski definition) is 1. The molecule has 2 aromatic rings. The highest BCUT2D eigenvalue weighted by Crippen LogP contribution is 2.16. The molecule has 0 bridgehead atoms. The van der Waals surface area contributed by atoms with Crippen LogP contribution >= 0.6 is 0 Å². The molecule has 0 aliphatic rings. The van der Waals surface area contributed by atoms with Crippen LogP contribution in [0.5, 0.6) is 0 Å². The van der Waals surface area contributed by atoms with Gasteiger partial charge in [-0.05, 0) is 30.7 Å². The first-order chi connectivity index (χ1) is 8.58. The lowest BCUT2D eigenvalue weighted by molar-refractivity contribution is 0.0939. The molecule has 5 heteroatoms. The van der Waals surface area contributed by atoms with Crippen LogP contribution < -0.4 is 5.32 Å². The van der Waals surface area contributed by atoms with Crippen LogP contribution in [0.4, 0.5) is 8.78 Å². The molecular formula is C13H11F2NO2. The van der Waals surface area contributed by atoms with Crippen LogP contribution in [-0.2, 0) is 0 Å². The van der Waals surface area contributed by atoms with Crippen molar-refractivity contribution in [2.75, 3.05) is 0 Å². The zero-order valence-electron chi connectivity index (χ0n) is 9.61. The van der Waals surface area contributed by atoms with Crippen LogP contribution in [0.1, 0.15) is 28.9 Å². The standard InChI is InChI=1S/C13H11F2NO2/c1-8(9-2-3-11(14)12(15)6-9)16-13(17)10-4-5-18-7-10/h2-8H,1H3,(H,16,17). The number of rotatable bonds is 3. The summed E-state index contributed by atoms with van der Waals surface area (Å²) in [6, 6.07) is 4.62. The Balaban J connectivity index is 2.10. The number of benzene rings is 1. The predicted octanol–water partition coefficient (Wildman–Crippen LogP) is 3.05. The molecule has 0 spiro atoms. The van der Waals surface area contributed by atoms with Crippen molar-refractivity contribution in [1.29, 1.82) is 0 Å².